The predicted molar refractivity (Wildman–Crippen MR) is 116 cm³/mol. The molecular weight excluding hydrogens is 516 g/mol. The Morgan fingerprint density at radius 2 is 1.83 bits per heavy atom. The van der Waals surface area contributed by atoms with Crippen LogP contribution in [0.4, 0.5) is 5.82 Å². The van der Waals surface area contributed by atoms with E-state index in [-0.39, 0.29) is 29.7 Å². The van der Waals surface area contributed by atoms with Gasteiger partial charge in [0.1, 0.15) is 36.7 Å². The maximum absolute atomic E-state index is 11.3. The molecular formula is C15H31N7O11P2. The molecule has 202 valence electrons. The topological polar surface area (TPSA) is 295 Å². The van der Waals surface area contributed by atoms with Crippen molar-refractivity contribution in [3.05, 3.63) is 12.7 Å². The smallest absolute Gasteiger partial charge is 0.274 e. The molecule has 2 unspecified atom stereocenters. The zero-order valence-corrected chi connectivity index (χ0v) is 21.2. The summed E-state index contributed by atoms with van der Waals surface area (Å²) in [5.41, 5.74) is 6.06. The predicted octanol–water partition coefficient (Wildman–Crippen LogP) is -2.95. The second kappa shape index (κ2) is 12.1. The number of nitrogen functional groups attached to an aromatic ring is 1. The SMILES string of the molecule is C[N+](C)(C)CCO.Nc1ncnc2c1ncn2[C@@H]1O[C@H](COP(=O)([O-])OP(=O)([O-])O)[C@@H](O)[C@H]1O.[NH4+]. The quantitative estimate of drug-likeness (QED) is 0.142. The van der Waals surface area contributed by atoms with E-state index < -0.39 is 46.8 Å². The molecule has 20 heteroatoms. The monoisotopic (exact) mass is 547 g/mol. The molecule has 0 aromatic carbocycles. The van der Waals surface area contributed by atoms with Gasteiger partial charge in [-0.1, -0.05) is 0 Å². The molecule has 1 aliphatic rings. The highest BCUT2D eigenvalue weighted by molar-refractivity contribution is 7.59. The van der Waals surface area contributed by atoms with Gasteiger partial charge in [-0.15, -0.1) is 0 Å². The van der Waals surface area contributed by atoms with Crippen LogP contribution in [0.5, 0.6) is 0 Å². The van der Waals surface area contributed by atoms with Gasteiger partial charge in [-0.3, -0.25) is 13.7 Å². The fourth-order valence-electron chi connectivity index (χ4n) is 2.77. The third-order valence-electron chi connectivity index (χ3n) is 4.37. The van der Waals surface area contributed by atoms with Gasteiger partial charge in [0.25, 0.3) is 15.6 Å². The van der Waals surface area contributed by atoms with Crippen molar-refractivity contribution in [1.82, 2.24) is 25.7 Å². The number of aliphatic hydroxyl groups excluding tert-OH is 3. The normalized spacial score (nSPS) is 25.7. The Morgan fingerprint density at radius 1 is 1.20 bits per heavy atom. The van der Waals surface area contributed by atoms with Gasteiger partial charge in [-0.05, 0) is 0 Å². The van der Waals surface area contributed by atoms with Gasteiger partial charge in [-0.25, -0.2) is 19.3 Å². The lowest BCUT2D eigenvalue weighted by atomic mass is 10.1. The third kappa shape index (κ3) is 9.07. The first-order valence-electron chi connectivity index (χ1n) is 9.61. The first-order valence-corrected chi connectivity index (χ1v) is 12.6. The molecule has 0 radical (unpaired) electrons. The van der Waals surface area contributed by atoms with Crippen molar-refractivity contribution >= 4 is 32.6 Å². The molecule has 10 N–H and O–H groups in total. The van der Waals surface area contributed by atoms with Crippen molar-refractivity contribution in [2.45, 2.75) is 24.5 Å². The van der Waals surface area contributed by atoms with Crippen molar-refractivity contribution in [2.24, 2.45) is 0 Å². The molecule has 18 nitrogen and oxygen atoms in total. The van der Waals surface area contributed by atoms with Crippen molar-refractivity contribution in [2.75, 3.05) is 46.6 Å². The van der Waals surface area contributed by atoms with E-state index in [4.69, 9.17) is 20.5 Å². The zero-order valence-electron chi connectivity index (χ0n) is 19.4. The summed E-state index contributed by atoms with van der Waals surface area (Å²) < 4.78 is 36.9. The van der Waals surface area contributed by atoms with Gasteiger partial charge in [0.2, 0.25) is 0 Å². The van der Waals surface area contributed by atoms with Gasteiger partial charge in [0.05, 0.1) is 40.7 Å². The fraction of sp³-hybridized carbons (Fsp3) is 0.667. The summed E-state index contributed by atoms with van der Waals surface area (Å²) in [5, 5.41) is 28.6. The number of hydrogen-bond donors (Lipinski definition) is 6. The number of aliphatic hydroxyl groups is 3. The molecule has 1 aliphatic heterocycles. The van der Waals surface area contributed by atoms with Crippen molar-refractivity contribution in [1.29, 1.82) is 0 Å². The standard InChI is InChI=1S/C10H15N5O10P2.C5H14NO.H3N/c11-8-5-9(13-2-12-8)15(3-14-5)10-7(17)6(16)4(24-10)1-23-27(21,22)25-26(18,19)20;1-6(2,3)4-5-7;/h2-4,6-7,10,16-17H,1H2,(H,21,22)(H2,11,12,13)(H2,18,19,20);7H,4-5H2,1-3H3;1H3/q;+1;/p-1/t4-,6-,7-,10-;;/m1../s1. The number of phosphoric ester groups is 1. The second-order valence-electron chi connectivity index (χ2n) is 8.16. The van der Waals surface area contributed by atoms with Crippen LogP contribution in [0, 0.1) is 0 Å². The van der Waals surface area contributed by atoms with Gasteiger partial charge in [0.15, 0.2) is 17.7 Å². The molecule has 3 heterocycles. The number of nitrogens with zero attached hydrogens (tertiary/aromatic N) is 5. The molecule has 35 heavy (non-hydrogen) atoms. The number of imidazole rings is 1. The van der Waals surface area contributed by atoms with E-state index in [0.29, 0.717) is 0 Å². The number of ether oxygens (including phenoxy) is 1. The van der Waals surface area contributed by atoms with E-state index in [2.05, 4.69) is 44.9 Å². The summed E-state index contributed by atoms with van der Waals surface area (Å²) in [5.74, 6) is 0.0714. The van der Waals surface area contributed by atoms with E-state index in [0.717, 1.165) is 17.4 Å². The average molecular weight is 547 g/mol. The highest BCUT2D eigenvalue weighted by atomic mass is 31.3. The average Bonchev–Trinajstić information content (AvgIpc) is 3.21. The second-order valence-corrected chi connectivity index (χ2v) is 10.9. The fourth-order valence-corrected chi connectivity index (χ4v) is 4.30. The number of phosphoric acid groups is 2. The van der Waals surface area contributed by atoms with Gasteiger partial charge >= 0.3 is 0 Å². The van der Waals surface area contributed by atoms with Crippen molar-refractivity contribution in [3.63, 3.8) is 0 Å². The van der Waals surface area contributed by atoms with Crippen LogP contribution in [-0.2, 0) is 22.7 Å². The molecule has 2 aromatic rings. The van der Waals surface area contributed by atoms with Crippen LogP contribution in [0.2, 0.25) is 0 Å². The van der Waals surface area contributed by atoms with Gasteiger partial charge in [0, 0.05) is 0 Å². The highest BCUT2D eigenvalue weighted by Crippen LogP contribution is 2.52. The minimum atomic E-state index is -5.60. The van der Waals surface area contributed by atoms with E-state index in [9.17, 15) is 29.1 Å². The van der Waals surface area contributed by atoms with E-state index >= 15 is 0 Å². The maximum atomic E-state index is 11.3. The summed E-state index contributed by atoms with van der Waals surface area (Å²) in [4.78, 5) is 41.9. The molecule has 0 spiro atoms. The number of fused-ring (bicyclic) bond motifs is 1. The van der Waals surface area contributed by atoms with Crippen LogP contribution in [0.25, 0.3) is 11.2 Å². The number of rotatable bonds is 8. The number of quaternary nitrogens is 2. The minimum absolute atomic E-state index is 0. The first-order chi connectivity index (χ1) is 15.5. The third-order valence-corrected chi connectivity index (χ3v) is 6.46. The van der Waals surface area contributed by atoms with E-state index in [1.165, 1.54) is 10.9 Å². The van der Waals surface area contributed by atoms with Crippen molar-refractivity contribution in [3.8, 4) is 0 Å². The molecule has 2 aromatic heterocycles. The molecule has 0 amide bonds. The summed E-state index contributed by atoms with van der Waals surface area (Å²) in [6.07, 6.45) is -3.40. The molecule has 1 fully saturated rings. The molecule has 0 aliphatic carbocycles. The van der Waals surface area contributed by atoms with Crippen LogP contribution in [0.15, 0.2) is 12.7 Å². The molecule has 1 saturated heterocycles. The Morgan fingerprint density at radius 3 is 2.34 bits per heavy atom. The van der Waals surface area contributed by atoms with Crippen LogP contribution >= 0.6 is 15.6 Å². The summed E-state index contributed by atoms with van der Waals surface area (Å²) in [7, 11) is -4.89. The Hall–Kier alpha value is -1.63. The Labute approximate surface area is 199 Å². The van der Waals surface area contributed by atoms with Crippen LogP contribution in [-0.4, -0.2) is 103 Å². The number of aromatic nitrogens is 4. The Kier molecular flexibility index (Phi) is 10.8. The Balaban J connectivity index is 0.000000672. The maximum Gasteiger partial charge on any atom is 0.274 e. The summed E-state index contributed by atoms with van der Waals surface area (Å²) in [6.45, 7) is 0.211. The molecule has 3 rings (SSSR count). The van der Waals surface area contributed by atoms with E-state index in [1.54, 1.807) is 0 Å². The van der Waals surface area contributed by atoms with Gasteiger partial charge < -0.3 is 55.6 Å². The molecule has 0 bridgehead atoms. The molecule has 6 atom stereocenters. The van der Waals surface area contributed by atoms with Gasteiger partial charge in [-0.2, -0.15) is 0 Å². The summed E-state index contributed by atoms with van der Waals surface area (Å²) >= 11 is 0. The largest absolute Gasteiger partial charge is 0.756 e. The first kappa shape index (κ1) is 31.4. The van der Waals surface area contributed by atoms with Crippen LogP contribution in [0.3, 0.4) is 0 Å². The Bertz CT molecular complexity index is 1060. The van der Waals surface area contributed by atoms with Crippen LogP contribution in [0.1, 0.15) is 6.23 Å². The van der Waals surface area contributed by atoms with Crippen LogP contribution < -0.4 is 21.7 Å². The lowest BCUT2D eigenvalue weighted by Crippen LogP contribution is -2.36. The van der Waals surface area contributed by atoms with E-state index in [1.807, 2.05) is 0 Å². The highest BCUT2D eigenvalue weighted by Gasteiger charge is 2.45. The summed E-state index contributed by atoms with van der Waals surface area (Å²) in [6, 6.07) is 0. The molecule has 0 saturated carbocycles. The lowest BCUT2D eigenvalue weighted by Gasteiger charge is -2.28. The lowest BCUT2D eigenvalue weighted by molar-refractivity contribution is -0.870. The number of nitrogens with two attached hydrogens (primary N) is 1. The minimum Gasteiger partial charge on any atom is -0.756 e. The van der Waals surface area contributed by atoms with Crippen molar-refractivity contribution < 1.29 is 57.2 Å². The zero-order chi connectivity index (χ0) is 25.9. The number of anilines is 1. The number of likely N-dealkylation sites (N-methyl/N-ethyl adjacent to an activating group) is 1. The number of hydrogen-bond acceptors (Lipinski definition) is 14.